The van der Waals surface area contributed by atoms with E-state index in [0.717, 1.165) is 50.8 Å². The molecule has 4 rings (SSSR count). The van der Waals surface area contributed by atoms with E-state index >= 15 is 0 Å². The highest BCUT2D eigenvalue weighted by Crippen LogP contribution is 2.29. The summed E-state index contributed by atoms with van der Waals surface area (Å²) < 4.78 is 5.96. The lowest BCUT2D eigenvalue weighted by Crippen LogP contribution is -2.37. The summed E-state index contributed by atoms with van der Waals surface area (Å²) >= 11 is 0. The van der Waals surface area contributed by atoms with Crippen LogP contribution in [-0.4, -0.2) is 29.2 Å². The van der Waals surface area contributed by atoms with Crippen LogP contribution < -0.4 is 10.2 Å². The molecule has 1 N–H and O–H groups in total. The second-order valence-electron chi connectivity index (χ2n) is 6.95. The Kier molecular flexibility index (Phi) is 4.68. The summed E-state index contributed by atoms with van der Waals surface area (Å²) in [7, 11) is 0. The molecule has 1 aromatic heterocycles. The Bertz CT molecular complexity index is 705. The monoisotopic (exact) mass is 340 g/mol. The van der Waals surface area contributed by atoms with Gasteiger partial charge in [-0.2, -0.15) is 0 Å². The summed E-state index contributed by atoms with van der Waals surface area (Å²) in [4.78, 5) is 14.6. The van der Waals surface area contributed by atoms with Crippen LogP contribution in [0.3, 0.4) is 0 Å². The van der Waals surface area contributed by atoms with Crippen LogP contribution in [0.2, 0.25) is 0 Å². The van der Waals surface area contributed by atoms with Crippen LogP contribution in [0.5, 0.6) is 0 Å². The Morgan fingerprint density at radius 1 is 1.08 bits per heavy atom. The number of carbonyl (C=O) groups is 1. The molecule has 2 aliphatic rings. The normalized spacial score (nSPS) is 19.3. The van der Waals surface area contributed by atoms with E-state index in [4.69, 9.17) is 4.42 Å². The zero-order valence-corrected chi connectivity index (χ0v) is 14.4. The molecule has 1 atom stereocenters. The number of rotatable bonds is 5. The molecule has 1 saturated carbocycles. The number of hydrogen-bond donors (Lipinski definition) is 1. The maximum Gasteiger partial charge on any atom is 0.318 e. The van der Waals surface area contributed by atoms with E-state index in [1.807, 2.05) is 30.3 Å². The summed E-state index contributed by atoms with van der Waals surface area (Å²) in [6.07, 6.45) is 6.62. The summed E-state index contributed by atoms with van der Waals surface area (Å²) in [6, 6.07) is 10.0. The molecule has 2 aromatic rings. The van der Waals surface area contributed by atoms with Gasteiger partial charge in [-0.25, -0.2) is 0 Å². The maximum atomic E-state index is 12.5. The van der Waals surface area contributed by atoms with E-state index in [2.05, 4.69) is 20.4 Å². The molecule has 2 heterocycles. The number of hydrogen-bond acceptors (Lipinski definition) is 5. The Balaban J connectivity index is 1.56. The van der Waals surface area contributed by atoms with Crippen LogP contribution in [0.4, 0.5) is 6.01 Å². The number of anilines is 1. The molecule has 1 amide bonds. The van der Waals surface area contributed by atoms with Gasteiger partial charge in [-0.05, 0) is 37.7 Å². The number of piperidine rings is 1. The van der Waals surface area contributed by atoms with Crippen LogP contribution >= 0.6 is 0 Å². The lowest BCUT2D eigenvalue weighted by atomic mass is 9.84. The Labute approximate surface area is 147 Å². The van der Waals surface area contributed by atoms with Gasteiger partial charge < -0.3 is 14.6 Å². The van der Waals surface area contributed by atoms with Crippen molar-refractivity contribution < 1.29 is 9.21 Å². The Morgan fingerprint density at radius 2 is 1.84 bits per heavy atom. The first-order valence-corrected chi connectivity index (χ1v) is 9.25. The fourth-order valence-electron chi connectivity index (χ4n) is 3.42. The minimum atomic E-state index is -0.389. The Morgan fingerprint density at radius 3 is 2.52 bits per heavy atom. The molecule has 0 radical (unpaired) electrons. The largest absolute Gasteiger partial charge is 0.405 e. The van der Waals surface area contributed by atoms with Gasteiger partial charge in [-0.15, -0.1) is 5.10 Å². The first-order chi connectivity index (χ1) is 12.3. The first-order valence-electron chi connectivity index (χ1n) is 9.25. The minimum Gasteiger partial charge on any atom is -0.405 e. The van der Waals surface area contributed by atoms with Gasteiger partial charge in [0.25, 0.3) is 0 Å². The van der Waals surface area contributed by atoms with Gasteiger partial charge in [0.05, 0.1) is 0 Å². The third-order valence-electron chi connectivity index (χ3n) is 5.20. The molecule has 1 aromatic carbocycles. The number of carbonyl (C=O) groups excluding carboxylic acids is 1. The van der Waals surface area contributed by atoms with Crippen LogP contribution in [0, 0.1) is 5.92 Å². The van der Waals surface area contributed by atoms with Crippen molar-refractivity contribution in [3.8, 4) is 0 Å². The summed E-state index contributed by atoms with van der Waals surface area (Å²) in [5.41, 5.74) is 0.962. The van der Waals surface area contributed by atoms with E-state index < -0.39 is 0 Å². The lowest BCUT2D eigenvalue weighted by Gasteiger charge is -2.26. The van der Waals surface area contributed by atoms with Crippen molar-refractivity contribution in [1.29, 1.82) is 0 Å². The maximum absolute atomic E-state index is 12.5. The van der Waals surface area contributed by atoms with Crippen molar-refractivity contribution in [1.82, 2.24) is 15.5 Å². The minimum absolute atomic E-state index is 0.0813. The average Bonchev–Trinajstić information content (AvgIpc) is 3.09. The average molecular weight is 340 g/mol. The van der Waals surface area contributed by atoms with E-state index in [1.165, 1.54) is 6.42 Å². The molecule has 6 heteroatoms. The second kappa shape index (κ2) is 7.25. The van der Waals surface area contributed by atoms with E-state index in [0.29, 0.717) is 11.9 Å². The third-order valence-corrected chi connectivity index (χ3v) is 5.20. The third kappa shape index (κ3) is 3.52. The smallest absolute Gasteiger partial charge is 0.318 e. The molecule has 0 spiro atoms. The highest BCUT2D eigenvalue weighted by atomic mass is 16.4. The SMILES string of the molecule is O=C(N[C@@H](c1ccccc1)c1nnc(N2CCCCC2)o1)C1CCC1. The number of amides is 1. The Hall–Kier alpha value is -2.37. The van der Waals surface area contributed by atoms with Gasteiger partial charge in [0, 0.05) is 19.0 Å². The van der Waals surface area contributed by atoms with Crippen molar-refractivity contribution in [2.45, 2.75) is 44.6 Å². The predicted octanol–water partition coefficient (Wildman–Crippen LogP) is 3.07. The van der Waals surface area contributed by atoms with Gasteiger partial charge in [0.15, 0.2) is 0 Å². The molecular formula is C19H24N4O2. The molecule has 132 valence electrons. The van der Waals surface area contributed by atoms with Crippen molar-refractivity contribution in [2.75, 3.05) is 18.0 Å². The standard InChI is InChI=1S/C19H24N4O2/c24-17(15-10-7-11-15)20-16(14-8-3-1-4-9-14)18-21-22-19(25-18)23-12-5-2-6-13-23/h1,3-4,8-9,15-16H,2,5-7,10-13H2,(H,20,24)/t16-/m0/s1. The van der Waals surface area contributed by atoms with E-state index in [1.54, 1.807) is 0 Å². The van der Waals surface area contributed by atoms with Crippen molar-refractivity contribution in [3.63, 3.8) is 0 Å². The lowest BCUT2D eigenvalue weighted by molar-refractivity contribution is -0.128. The molecular weight excluding hydrogens is 316 g/mol. The van der Waals surface area contributed by atoms with Crippen molar-refractivity contribution in [3.05, 3.63) is 41.8 Å². The van der Waals surface area contributed by atoms with E-state index in [-0.39, 0.29) is 17.9 Å². The number of nitrogens with one attached hydrogen (secondary N) is 1. The zero-order valence-electron chi connectivity index (χ0n) is 14.4. The molecule has 25 heavy (non-hydrogen) atoms. The van der Waals surface area contributed by atoms with Crippen LogP contribution in [0.25, 0.3) is 0 Å². The highest BCUT2D eigenvalue weighted by Gasteiger charge is 2.30. The molecule has 1 aliphatic heterocycles. The molecule has 6 nitrogen and oxygen atoms in total. The van der Waals surface area contributed by atoms with Crippen molar-refractivity contribution >= 4 is 11.9 Å². The summed E-state index contributed by atoms with van der Waals surface area (Å²) in [5.74, 6) is 0.660. The number of aromatic nitrogens is 2. The first kappa shape index (κ1) is 16.1. The van der Waals surface area contributed by atoms with Crippen LogP contribution in [0.15, 0.2) is 34.7 Å². The van der Waals surface area contributed by atoms with Gasteiger partial charge in [-0.1, -0.05) is 41.9 Å². The number of nitrogens with zero attached hydrogens (tertiary/aromatic N) is 3. The highest BCUT2D eigenvalue weighted by molar-refractivity contribution is 5.80. The summed E-state index contributed by atoms with van der Waals surface area (Å²) in [5, 5.41) is 11.6. The fourth-order valence-corrected chi connectivity index (χ4v) is 3.42. The van der Waals surface area contributed by atoms with Gasteiger partial charge in [0.2, 0.25) is 11.8 Å². The molecule has 0 unspecified atom stereocenters. The van der Waals surface area contributed by atoms with Crippen LogP contribution in [-0.2, 0) is 4.79 Å². The van der Waals surface area contributed by atoms with Crippen molar-refractivity contribution in [2.24, 2.45) is 5.92 Å². The van der Waals surface area contributed by atoms with Gasteiger partial charge >= 0.3 is 6.01 Å². The topological polar surface area (TPSA) is 71.3 Å². The zero-order chi connectivity index (χ0) is 17.1. The fraction of sp³-hybridized carbons (Fsp3) is 0.526. The van der Waals surface area contributed by atoms with E-state index in [9.17, 15) is 4.79 Å². The molecule has 2 fully saturated rings. The van der Waals surface area contributed by atoms with Crippen LogP contribution in [0.1, 0.15) is 56.0 Å². The quantitative estimate of drug-likeness (QED) is 0.906. The summed E-state index contributed by atoms with van der Waals surface area (Å²) in [6.45, 7) is 1.90. The molecule has 1 aliphatic carbocycles. The second-order valence-corrected chi connectivity index (χ2v) is 6.95. The molecule has 1 saturated heterocycles. The van der Waals surface area contributed by atoms with Gasteiger partial charge in [0.1, 0.15) is 6.04 Å². The molecule has 0 bridgehead atoms. The number of benzene rings is 1. The van der Waals surface area contributed by atoms with Gasteiger partial charge in [-0.3, -0.25) is 4.79 Å². The predicted molar refractivity (Wildman–Crippen MR) is 94.1 cm³/mol.